The van der Waals surface area contributed by atoms with Gasteiger partial charge in [0, 0.05) is 12.1 Å². The average molecular weight is 273 g/mol. The molecule has 1 aromatic carbocycles. The highest BCUT2D eigenvalue weighted by molar-refractivity contribution is 5.84. The van der Waals surface area contributed by atoms with Gasteiger partial charge in [0.05, 0.1) is 12.7 Å². The summed E-state index contributed by atoms with van der Waals surface area (Å²) in [5.74, 6) is 0.644. The van der Waals surface area contributed by atoms with Crippen molar-refractivity contribution in [1.29, 1.82) is 0 Å². The van der Waals surface area contributed by atoms with Crippen molar-refractivity contribution in [2.45, 2.75) is 12.6 Å². The Hall–Kier alpha value is -2.41. The Morgan fingerprint density at radius 3 is 3.20 bits per heavy atom. The molecule has 0 saturated heterocycles. The topological polar surface area (TPSA) is 91.9 Å². The van der Waals surface area contributed by atoms with Gasteiger partial charge in [-0.15, -0.1) is 0 Å². The lowest BCUT2D eigenvalue weighted by molar-refractivity contribution is -0.123. The first-order valence-electron chi connectivity index (χ1n) is 6.42. The lowest BCUT2D eigenvalue weighted by Gasteiger charge is -2.16. The second-order valence-corrected chi connectivity index (χ2v) is 4.45. The number of carbonyl (C=O) groups is 1. The Bertz CT molecular complexity index is 584. The fourth-order valence-electron chi connectivity index (χ4n) is 2.15. The number of hydrogen-bond donors (Lipinski definition) is 3. The highest BCUT2D eigenvalue weighted by Crippen LogP contribution is 2.26. The first-order valence-corrected chi connectivity index (χ1v) is 6.42. The number of hydrogen-bond acceptors (Lipinski definition) is 5. The Kier molecular flexibility index (Phi) is 3.60. The molecule has 0 saturated carbocycles. The predicted octanol–water partition coefficient (Wildman–Crippen LogP) is 0.144. The summed E-state index contributed by atoms with van der Waals surface area (Å²) in [5.41, 5.74) is 1.54. The molecular weight excluding hydrogens is 258 g/mol. The van der Waals surface area contributed by atoms with E-state index in [0.717, 1.165) is 11.3 Å². The molecule has 0 aliphatic carbocycles. The summed E-state index contributed by atoms with van der Waals surface area (Å²) in [5, 5.41) is 16.1. The molecule has 0 bridgehead atoms. The van der Waals surface area contributed by atoms with Crippen LogP contribution < -0.4 is 15.4 Å². The van der Waals surface area contributed by atoms with E-state index in [-0.39, 0.29) is 5.91 Å². The van der Waals surface area contributed by atoms with Crippen LogP contribution in [0.5, 0.6) is 5.75 Å². The molecule has 0 fully saturated rings. The molecule has 2 aromatic rings. The molecular formula is C13H15N5O2. The molecule has 1 atom stereocenters. The second-order valence-electron chi connectivity index (χ2n) is 4.45. The zero-order chi connectivity index (χ0) is 13.8. The van der Waals surface area contributed by atoms with Gasteiger partial charge >= 0.3 is 0 Å². The number of para-hydroxylation sites is 1. The number of aromatic amines is 1. The maximum Gasteiger partial charge on any atom is 0.242 e. The molecule has 2 heterocycles. The SMILES string of the molecule is O=C(NCc1cn[nH]n1)C1NCCOc2ccccc21. The van der Waals surface area contributed by atoms with Crippen molar-refractivity contribution in [1.82, 2.24) is 26.0 Å². The molecule has 1 unspecified atom stereocenters. The first kappa shape index (κ1) is 12.6. The van der Waals surface area contributed by atoms with E-state index in [1.54, 1.807) is 6.20 Å². The van der Waals surface area contributed by atoms with Crippen molar-refractivity contribution in [3.63, 3.8) is 0 Å². The van der Waals surface area contributed by atoms with Gasteiger partial charge in [0.25, 0.3) is 0 Å². The monoisotopic (exact) mass is 273 g/mol. The predicted molar refractivity (Wildman–Crippen MR) is 70.9 cm³/mol. The molecule has 0 radical (unpaired) electrons. The quantitative estimate of drug-likeness (QED) is 0.740. The van der Waals surface area contributed by atoms with E-state index in [2.05, 4.69) is 26.0 Å². The number of fused-ring (bicyclic) bond motifs is 1. The standard InChI is InChI=1S/C13H15N5O2/c19-13(15-7-9-8-16-18-17-9)12-10-3-1-2-4-11(10)20-6-5-14-12/h1-4,8,12,14H,5-7H2,(H,15,19)(H,16,17,18). The Balaban J connectivity index is 1.73. The average Bonchev–Trinajstić information content (AvgIpc) is 2.90. The zero-order valence-electron chi connectivity index (χ0n) is 10.8. The van der Waals surface area contributed by atoms with E-state index in [4.69, 9.17) is 4.74 Å². The number of amides is 1. The van der Waals surface area contributed by atoms with Gasteiger partial charge in [-0.2, -0.15) is 15.4 Å². The second kappa shape index (κ2) is 5.70. The van der Waals surface area contributed by atoms with Crippen LogP contribution in [0.25, 0.3) is 0 Å². The fourth-order valence-corrected chi connectivity index (χ4v) is 2.15. The van der Waals surface area contributed by atoms with Crippen LogP contribution in [0, 0.1) is 0 Å². The van der Waals surface area contributed by atoms with Gasteiger partial charge in [0.15, 0.2) is 0 Å². The maximum atomic E-state index is 12.3. The molecule has 7 nitrogen and oxygen atoms in total. The number of benzene rings is 1. The number of nitrogens with zero attached hydrogens (tertiary/aromatic N) is 2. The lowest BCUT2D eigenvalue weighted by atomic mass is 10.1. The largest absolute Gasteiger partial charge is 0.492 e. The molecule has 3 rings (SSSR count). The minimum absolute atomic E-state index is 0.106. The van der Waals surface area contributed by atoms with Gasteiger partial charge in [-0.1, -0.05) is 18.2 Å². The van der Waals surface area contributed by atoms with Crippen molar-refractivity contribution in [2.24, 2.45) is 0 Å². The highest BCUT2D eigenvalue weighted by atomic mass is 16.5. The number of ether oxygens (including phenoxy) is 1. The van der Waals surface area contributed by atoms with E-state index in [1.807, 2.05) is 24.3 Å². The number of carbonyl (C=O) groups excluding carboxylic acids is 1. The maximum absolute atomic E-state index is 12.3. The van der Waals surface area contributed by atoms with E-state index in [9.17, 15) is 4.79 Å². The van der Waals surface area contributed by atoms with Crippen molar-refractivity contribution >= 4 is 5.91 Å². The van der Waals surface area contributed by atoms with Crippen LogP contribution in [0.1, 0.15) is 17.3 Å². The summed E-state index contributed by atoms with van der Waals surface area (Å²) in [6, 6.07) is 7.15. The van der Waals surface area contributed by atoms with Gasteiger partial charge in [-0.3, -0.25) is 10.1 Å². The molecule has 20 heavy (non-hydrogen) atoms. The Labute approximate surface area is 115 Å². The summed E-state index contributed by atoms with van der Waals surface area (Å²) in [4.78, 5) is 12.3. The smallest absolute Gasteiger partial charge is 0.242 e. The van der Waals surface area contributed by atoms with Gasteiger partial charge in [-0.05, 0) is 6.07 Å². The minimum atomic E-state index is -0.416. The molecule has 1 aliphatic rings. The summed E-state index contributed by atoms with van der Waals surface area (Å²) in [6.07, 6.45) is 1.58. The third-order valence-corrected chi connectivity index (χ3v) is 3.11. The van der Waals surface area contributed by atoms with E-state index < -0.39 is 6.04 Å². The number of nitrogens with one attached hydrogen (secondary N) is 3. The van der Waals surface area contributed by atoms with Crippen LogP contribution in [0.2, 0.25) is 0 Å². The highest BCUT2D eigenvalue weighted by Gasteiger charge is 2.25. The van der Waals surface area contributed by atoms with Crippen molar-refractivity contribution in [3.8, 4) is 5.75 Å². The van der Waals surface area contributed by atoms with Gasteiger partial charge < -0.3 is 10.1 Å². The molecule has 3 N–H and O–H groups in total. The molecule has 0 spiro atoms. The molecule has 104 valence electrons. The van der Waals surface area contributed by atoms with Crippen molar-refractivity contribution in [3.05, 3.63) is 41.7 Å². The van der Waals surface area contributed by atoms with Crippen LogP contribution in [0.3, 0.4) is 0 Å². The van der Waals surface area contributed by atoms with Crippen LogP contribution in [0.15, 0.2) is 30.5 Å². The Morgan fingerprint density at radius 1 is 1.45 bits per heavy atom. The van der Waals surface area contributed by atoms with Gasteiger partial charge in [-0.25, -0.2) is 0 Å². The molecule has 1 amide bonds. The van der Waals surface area contributed by atoms with Crippen LogP contribution in [-0.2, 0) is 11.3 Å². The van der Waals surface area contributed by atoms with E-state index >= 15 is 0 Å². The van der Waals surface area contributed by atoms with Gasteiger partial charge in [0.1, 0.15) is 24.1 Å². The van der Waals surface area contributed by atoms with Gasteiger partial charge in [0.2, 0.25) is 5.91 Å². The third kappa shape index (κ3) is 2.62. The minimum Gasteiger partial charge on any atom is -0.492 e. The summed E-state index contributed by atoms with van der Waals surface area (Å²) < 4.78 is 5.61. The summed E-state index contributed by atoms with van der Waals surface area (Å²) in [7, 11) is 0. The number of rotatable bonds is 3. The lowest BCUT2D eigenvalue weighted by Crippen LogP contribution is -2.37. The van der Waals surface area contributed by atoms with Crippen LogP contribution in [0.4, 0.5) is 0 Å². The van der Waals surface area contributed by atoms with E-state index in [1.165, 1.54) is 0 Å². The molecule has 7 heteroatoms. The van der Waals surface area contributed by atoms with Crippen LogP contribution >= 0.6 is 0 Å². The van der Waals surface area contributed by atoms with Crippen molar-refractivity contribution < 1.29 is 9.53 Å². The summed E-state index contributed by atoms with van der Waals surface area (Å²) in [6.45, 7) is 1.51. The molecule has 1 aliphatic heterocycles. The van der Waals surface area contributed by atoms with Crippen molar-refractivity contribution in [2.75, 3.05) is 13.2 Å². The third-order valence-electron chi connectivity index (χ3n) is 3.11. The summed E-state index contributed by atoms with van der Waals surface area (Å²) >= 11 is 0. The fraction of sp³-hybridized carbons (Fsp3) is 0.308. The Morgan fingerprint density at radius 2 is 2.35 bits per heavy atom. The zero-order valence-corrected chi connectivity index (χ0v) is 10.8. The normalized spacial score (nSPS) is 17.7. The van der Waals surface area contributed by atoms with E-state index in [0.29, 0.717) is 25.4 Å². The number of H-pyrrole nitrogens is 1. The van der Waals surface area contributed by atoms with Crippen LogP contribution in [-0.4, -0.2) is 34.5 Å². The number of aromatic nitrogens is 3. The molecule has 1 aromatic heterocycles. The first-order chi connectivity index (χ1) is 9.84.